The van der Waals surface area contributed by atoms with Crippen molar-refractivity contribution in [3.63, 3.8) is 0 Å². The van der Waals surface area contributed by atoms with E-state index in [2.05, 4.69) is 31.1 Å². The Kier molecular flexibility index (Phi) is 5.27. The number of rotatable bonds is 5. The quantitative estimate of drug-likeness (QED) is 0.803. The average molecular weight is 268 g/mol. The molecule has 2 aliphatic rings. The summed E-state index contributed by atoms with van der Waals surface area (Å²) in [6.07, 6.45) is 8.99. The maximum absolute atomic E-state index is 9.72. The fraction of sp³-hybridized carbons (Fsp3) is 1.00. The van der Waals surface area contributed by atoms with Gasteiger partial charge < -0.3 is 15.3 Å². The van der Waals surface area contributed by atoms with E-state index in [1.807, 2.05) is 0 Å². The topological polar surface area (TPSA) is 35.5 Å². The minimum atomic E-state index is -0.00599. The van der Waals surface area contributed by atoms with Crippen molar-refractivity contribution >= 4 is 0 Å². The van der Waals surface area contributed by atoms with Gasteiger partial charge in [-0.1, -0.05) is 26.7 Å². The molecule has 0 bridgehead atoms. The fourth-order valence-corrected chi connectivity index (χ4v) is 4.25. The molecule has 4 atom stereocenters. The Hall–Kier alpha value is -0.120. The van der Waals surface area contributed by atoms with E-state index in [-0.39, 0.29) is 12.1 Å². The Bertz CT molecular complexity index is 284. The van der Waals surface area contributed by atoms with E-state index in [1.165, 1.54) is 32.1 Å². The summed E-state index contributed by atoms with van der Waals surface area (Å²) in [5.74, 6) is 0.888. The van der Waals surface area contributed by atoms with Gasteiger partial charge in [0.25, 0.3) is 0 Å². The first-order chi connectivity index (χ1) is 9.10. The van der Waals surface area contributed by atoms with Gasteiger partial charge in [-0.15, -0.1) is 0 Å². The summed E-state index contributed by atoms with van der Waals surface area (Å²) in [5.41, 5.74) is -0.00599. The van der Waals surface area contributed by atoms with E-state index >= 15 is 0 Å². The largest absolute Gasteiger partial charge is 0.394 e. The molecule has 2 fully saturated rings. The average Bonchev–Trinajstić information content (AvgIpc) is 2.83. The van der Waals surface area contributed by atoms with Crippen LogP contribution >= 0.6 is 0 Å². The third-order valence-electron chi connectivity index (χ3n) is 5.50. The van der Waals surface area contributed by atoms with E-state index in [0.29, 0.717) is 6.04 Å². The summed E-state index contributed by atoms with van der Waals surface area (Å²) in [4.78, 5) is 2.63. The van der Waals surface area contributed by atoms with Crippen molar-refractivity contribution in [1.29, 1.82) is 0 Å². The maximum atomic E-state index is 9.72. The van der Waals surface area contributed by atoms with Crippen molar-refractivity contribution in [2.24, 2.45) is 5.92 Å². The van der Waals surface area contributed by atoms with E-state index in [4.69, 9.17) is 0 Å². The molecule has 2 saturated carbocycles. The molecule has 0 heterocycles. The molecular weight excluding hydrogens is 236 g/mol. The van der Waals surface area contributed by atoms with Crippen molar-refractivity contribution in [3.8, 4) is 0 Å². The molecule has 2 rings (SSSR count). The molecule has 0 saturated heterocycles. The molecule has 3 nitrogen and oxygen atoms in total. The standard InChI is InChI=1S/C16H32N2O/c1-4-17-16(12-19)9-8-15(11-16)18(3)14-7-5-6-13(2)10-14/h13-15,17,19H,4-12H2,1-3H3. The molecular formula is C16H32N2O. The Morgan fingerprint density at radius 1 is 1.26 bits per heavy atom. The maximum Gasteiger partial charge on any atom is 0.0613 e. The van der Waals surface area contributed by atoms with E-state index in [0.717, 1.165) is 31.3 Å². The molecule has 0 aromatic heterocycles. The van der Waals surface area contributed by atoms with E-state index in [1.54, 1.807) is 0 Å². The molecule has 0 aromatic rings. The number of nitrogens with zero attached hydrogens (tertiary/aromatic N) is 1. The third-order valence-corrected chi connectivity index (χ3v) is 5.50. The highest BCUT2D eigenvalue weighted by Gasteiger charge is 2.41. The monoisotopic (exact) mass is 268 g/mol. The Balaban J connectivity index is 1.92. The van der Waals surface area contributed by atoms with Gasteiger partial charge in [-0.2, -0.15) is 0 Å². The van der Waals surface area contributed by atoms with Crippen LogP contribution < -0.4 is 5.32 Å². The Morgan fingerprint density at radius 2 is 2.05 bits per heavy atom. The van der Waals surface area contributed by atoms with Crippen LogP contribution in [-0.4, -0.2) is 47.8 Å². The predicted octanol–water partition coefficient (Wildman–Crippen LogP) is 2.39. The predicted molar refractivity (Wildman–Crippen MR) is 80.3 cm³/mol. The molecule has 0 amide bonds. The highest BCUT2D eigenvalue weighted by Crippen LogP contribution is 2.36. The fourth-order valence-electron chi connectivity index (χ4n) is 4.25. The van der Waals surface area contributed by atoms with Gasteiger partial charge in [-0.3, -0.25) is 0 Å². The lowest BCUT2D eigenvalue weighted by Crippen LogP contribution is -2.49. The van der Waals surface area contributed by atoms with Crippen LogP contribution in [0.3, 0.4) is 0 Å². The van der Waals surface area contributed by atoms with Gasteiger partial charge in [0, 0.05) is 17.6 Å². The molecule has 0 spiro atoms. The summed E-state index contributed by atoms with van der Waals surface area (Å²) in [5, 5.41) is 13.2. The second-order valence-electron chi connectivity index (χ2n) is 6.96. The normalized spacial score (nSPS) is 39.9. The lowest BCUT2D eigenvalue weighted by atomic mass is 9.85. The van der Waals surface area contributed by atoms with E-state index < -0.39 is 0 Å². The first kappa shape index (κ1) is 15.3. The molecule has 2 aliphatic carbocycles. The highest BCUT2D eigenvalue weighted by molar-refractivity contribution is 5.00. The molecule has 2 N–H and O–H groups in total. The second-order valence-corrected chi connectivity index (χ2v) is 6.96. The van der Waals surface area contributed by atoms with Crippen LogP contribution in [-0.2, 0) is 0 Å². The summed E-state index contributed by atoms with van der Waals surface area (Å²) in [7, 11) is 2.31. The zero-order valence-electron chi connectivity index (χ0n) is 13.0. The van der Waals surface area contributed by atoms with Gasteiger partial charge in [0.15, 0.2) is 0 Å². The minimum absolute atomic E-state index is 0.00599. The van der Waals surface area contributed by atoms with Crippen LogP contribution in [0.2, 0.25) is 0 Å². The number of hydrogen-bond donors (Lipinski definition) is 2. The number of likely N-dealkylation sites (N-methyl/N-ethyl adjacent to an activating group) is 1. The lowest BCUT2D eigenvalue weighted by molar-refractivity contribution is 0.105. The molecule has 3 heteroatoms. The molecule has 0 radical (unpaired) electrons. The Labute approximate surface area is 118 Å². The molecule has 19 heavy (non-hydrogen) atoms. The van der Waals surface area contributed by atoms with Gasteiger partial charge >= 0.3 is 0 Å². The van der Waals surface area contributed by atoms with Crippen LogP contribution in [0.4, 0.5) is 0 Å². The summed E-state index contributed by atoms with van der Waals surface area (Å²) >= 11 is 0. The highest BCUT2D eigenvalue weighted by atomic mass is 16.3. The number of aliphatic hydroxyl groups excluding tert-OH is 1. The Morgan fingerprint density at radius 3 is 2.68 bits per heavy atom. The SMILES string of the molecule is CCNC1(CO)CCC(N(C)C2CCCC(C)C2)C1. The van der Waals surface area contributed by atoms with Crippen LogP contribution in [0.25, 0.3) is 0 Å². The van der Waals surface area contributed by atoms with Crippen molar-refractivity contribution in [3.05, 3.63) is 0 Å². The minimum Gasteiger partial charge on any atom is -0.394 e. The molecule has 4 unspecified atom stereocenters. The van der Waals surface area contributed by atoms with Gasteiger partial charge in [0.2, 0.25) is 0 Å². The summed E-state index contributed by atoms with van der Waals surface area (Å²) in [6.45, 7) is 5.77. The lowest BCUT2D eigenvalue weighted by Gasteiger charge is -2.38. The summed E-state index contributed by atoms with van der Waals surface area (Å²) in [6, 6.07) is 1.42. The van der Waals surface area contributed by atoms with Crippen molar-refractivity contribution in [2.75, 3.05) is 20.2 Å². The molecule has 112 valence electrons. The van der Waals surface area contributed by atoms with Crippen molar-refractivity contribution in [1.82, 2.24) is 10.2 Å². The van der Waals surface area contributed by atoms with Crippen LogP contribution in [0.15, 0.2) is 0 Å². The second kappa shape index (κ2) is 6.55. The molecule has 0 aromatic carbocycles. The van der Waals surface area contributed by atoms with Gasteiger partial charge in [0.05, 0.1) is 6.61 Å². The van der Waals surface area contributed by atoms with E-state index in [9.17, 15) is 5.11 Å². The zero-order valence-corrected chi connectivity index (χ0v) is 13.0. The van der Waals surface area contributed by atoms with Gasteiger partial charge in [-0.25, -0.2) is 0 Å². The number of nitrogens with one attached hydrogen (secondary N) is 1. The van der Waals surface area contributed by atoms with Gasteiger partial charge in [0.1, 0.15) is 0 Å². The van der Waals surface area contributed by atoms with Gasteiger partial charge in [-0.05, 0) is 51.6 Å². The first-order valence-electron chi connectivity index (χ1n) is 8.18. The van der Waals surface area contributed by atoms with Crippen LogP contribution in [0.5, 0.6) is 0 Å². The van der Waals surface area contributed by atoms with Crippen molar-refractivity contribution < 1.29 is 5.11 Å². The molecule has 0 aliphatic heterocycles. The van der Waals surface area contributed by atoms with Crippen LogP contribution in [0, 0.1) is 5.92 Å². The number of hydrogen-bond acceptors (Lipinski definition) is 3. The number of aliphatic hydroxyl groups is 1. The van der Waals surface area contributed by atoms with Crippen LogP contribution in [0.1, 0.15) is 58.8 Å². The van der Waals surface area contributed by atoms with Crippen molar-refractivity contribution in [2.45, 2.75) is 76.4 Å². The summed E-state index contributed by atoms with van der Waals surface area (Å²) < 4.78 is 0. The first-order valence-corrected chi connectivity index (χ1v) is 8.18. The third kappa shape index (κ3) is 3.50. The zero-order chi connectivity index (χ0) is 13.9. The smallest absolute Gasteiger partial charge is 0.0613 e.